The van der Waals surface area contributed by atoms with E-state index in [9.17, 15) is 4.79 Å². The summed E-state index contributed by atoms with van der Waals surface area (Å²) in [5, 5.41) is 0. The second-order valence-corrected chi connectivity index (χ2v) is 7.11. The van der Waals surface area contributed by atoms with E-state index in [0.717, 1.165) is 43.9 Å². The molecule has 0 N–H and O–H groups in total. The van der Waals surface area contributed by atoms with E-state index in [-0.39, 0.29) is 6.17 Å². The second-order valence-electron chi connectivity index (χ2n) is 7.11. The molecule has 6 nitrogen and oxygen atoms in total. The first kappa shape index (κ1) is 18.2. The van der Waals surface area contributed by atoms with Gasteiger partial charge >= 0.3 is 0 Å². The number of piperazine rings is 1. The lowest BCUT2D eigenvalue weighted by Gasteiger charge is -2.37. The lowest BCUT2D eigenvalue weighted by Crippen LogP contribution is -2.46. The monoisotopic (exact) mass is 378 g/mol. The molecular weight excluding hydrogens is 352 g/mol. The van der Waals surface area contributed by atoms with E-state index in [2.05, 4.69) is 46.2 Å². The fourth-order valence-electron chi connectivity index (χ4n) is 3.80. The normalized spacial score (nSPS) is 19.3. The molecule has 0 aromatic heterocycles. The number of methoxy groups -OCH3 is 1. The largest absolute Gasteiger partial charge is 0.497 e. The van der Waals surface area contributed by atoms with Crippen molar-refractivity contribution in [1.82, 2.24) is 4.90 Å². The summed E-state index contributed by atoms with van der Waals surface area (Å²) in [6.07, 6.45) is 4.57. The first-order valence-electron chi connectivity index (χ1n) is 9.57. The summed E-state index contributed by atoms with van der Waals surface area (Å²) in [6, 6.07) is 16.7. The van der Waals surface area contributed by atoms with Gasteiger partial charge in [0.05, 0.1) is 7.11 Å². The molecule has 1 fully saturated rings. The van der Waals surface area contributed by atoms with Gasteiger partial charge in [-0.15, -0.1) is 0 Å². The van der Waals surface area contributed by atoms with Gasteiger partial charge in [-0.25, -0.2) is 0 Å². The van der Waals surface area contributed by atoms with Crippen LogP contribution in [0.25, 0.3) is 0 Å². The van der Waals surface area contributed by atoms with E-state index in [0.29, 0.717) is 0 Å². The van der Waals surface area contributed by atoms with Crippen molar-refractivity contribution in [3.8, 4) is 5.75 Å². The number of likely N-dealkylation sites (N-methyl/N-ethyl adjacent to an activating group) is 1. The van der Waals surface area contributed by atoms with E-state index in [1.54, 1.807) is 7.11 Å². The predicted molar refractivity (Wildman–Crippen MR) is 113 cm³/mol. The third-order valence-corrected chi connectivity index (χ3v) is 5.52. The zero-order valence-corrected chi connectivity index (χ0v) is 16.4. The zero-order chi connectivity index (χ0) is 19.5. The van der Waals surface area contributed by atoms with E-state index >= 15 is 0 Å². The van der Waals surface area contributed by atoms with Crippen molar-refractivity contribution >= 4 is 23.3 Å². The number of ether oxygens (including phenoxy) is 1. The molecular formula is C22H26N4O2. The summed E-state index contributed by atoms with van der Waals surface area (Å²) in [6.45, 7) is 3.94. The Balaban J connectivity index is 1.38. The van der Waals surface area contributed by atoms with E-state index in [1.807, 2.05) is 41.4 Å². The second kappa shape index (κ2) is 7.84. The SMILES string of the molecule is COc1ccc(N2CCN(c3ccc(N4C=CN(C)C4C=O)cc3)CC2)cc1. The van der Waals surface area contributed by atoms with Crippen LogP contribution in [0.5, 0.6) is 5.75 Å². The number of aldehydes is 1. The number of nitrogens with zero attached hydrogens (tertiary/aromatic N) is 4. The van der Waals surface area contributed by atoms with E-state index in [4.69, 9.17) is 4.74 Å². The van der Waals surface area contributed by atoms with Gasteiger partial charge in [0.25, 0.3) is 0 Å². The Bertz CT molecular complexity index is 827. The number of carbonyl (C=O) groups excluding carboxylic acids is 1. The number of rotatable bonds is 5. The van der Waals surface area contributed by atoms with Gasteiger partial charge < -0.3 is 24.3 Å². The van der Waals surface area contributed by atoms with Gasteiger partial charge in [-0.3, -0.25) is 4.79 Å². The number of carbonyl (C=O) groups is 1. The smallest absolute Gasteiger partial charge is 0.163 e. The van der Waals surface area contributed by atoms with Gasteiger partial charge in [0.1, 0.15) is 5.75 Å². The molecule has 0 aliphatic carbocycles. The predicted octanol–water partition coefficient (Wildman–Crippen LogP) is 2.77. The fraction of sp³-hybridized carbons (Fsp3) is 0.318. The van der Waals surface area contributed by atoms with Crippen LogP contribution in [0.15, 0.2) is 60.9 Å². The summed E-state index contributed by atoms with van der Waals surface area (Å²) in [7, 11) is 3.60. The highest BCUT2D eigenvalue weighted by Gasteiger charge is 2.24. The maximum Gasteiger partial charge on any atom is 0.163 e. The van der Waals surface area contributed by atoms with Gasteiger partial charge in [0.15, 0.2) is 12.5 Å². The highest BCUT2D eigenvalue weighted by molar-refractivity contribution is 5.70. The minimum absolute atomic E-state index is 0.265. The van der Waals surface area contributed by atoms with Gasteiger partial charge in [-0.05, 0) is 48.5 Å². The summed E-state index contributed by atoms with van der Waals surface area (Å²) >= 11 is 0. The Kier molecular flexibility index (Phi) is 5.10. The van der Waals surface area contributed by atoms with E-state index < -0.39 is 0 Å². The highest BCUT2D eigenvalue weighted by Crippen LogP contribution is 2.27. The van der Waals surface area contributed by atoms with Crippen LogP contribution in [-0.2, 0) is 4.79 Å². The molecule has 2 aliphatic heterocycles. The van der Waals surface area contributed by atoms with Crippen molar-refractivity contribution in [3.63, 3.8) is 0 Å². The van der Waals surface area contributed by atoms with Crippen molar-refractivity contribution in [2.75, 3.05) is 55.0 Å². The van der Waals surface area contributed by atoms with Crippen LogP contribution >= 0.6 is 0 Å². The molecule has 2 aromatic rings. The third-order valence-electron chi connectivity index (χ3n) is 5.52. The molecule has 6 heteroatoms. The average molecular weight is 378 g/mol. The maximum absolute atomic E-state index is 11.4. The van der Waals surface area contributed by atoms with Gasteiger partial charge in [-0.2, -0.15) is 0 Å². The lowest BCUT2D eigenvalue weighted by atomic mass is 10.2. The molecule has 0 spiro atoms. The van der Waals surface area contributed by atoms with Crippen LogP contribution in [0.3, 0.4) is 0 Å². The summed E-state index contributed by atoms with van der Waals surface area (Å²) in [5.74, 6) is 0.887. The number of anilines is 3. The van der Waals surface area contributed by atoms with Crippen LogP contribution in [0.4, 0.5) is 17.1 Å². The van der Waals surface area contributed by atoms with Crippen molar-refractivity contribution in [2.24, 2.45) is 0 Å². The summed E-state index contributed by atoms with van der Waals surface area (Å²) in [5.41, 5.74) is 3.48. The average Bonchev–Trinajstić information content (AvgIpc) is 3.14. The Morgan fingerprint density at radius 1 is 0.821 bits per heavy atom. The number of hydrogen-bond acceptors (Lipinski definition) is 6. The topological polar surface area (TPSA) is 39.3 Å². The zero-order valence-electron chi connectivity index (χ0n) is 16.4. The van der Waals surface area contributed by atoms with Gasteiger partial charge in [0.2, 0.25) is 0 Å². The third kappa shape index (κ3) is 3.50. The maximum atomic E-state index is 11.4. The lowest BCUT2D eigenvalue weighted by molar-refractivity contribution is -0.110. The molecule has 1 saturated heterocycles. The Morgan fingerprint density at radius 2 is 1.32 bits per heavy atom. The van der Waals surface area contributed by atoms with Crippen molar-refractivity contribution in [2.45, 2.75) is 6.17 Å². The molecule has 0 saturated carbocycles. The van der Waals surface area contributed by atoms with Crippen molar-refractivity contribution < 1.29 is 9.53 Å². The Hall–Kier alpha value is -3.15. The van der Waals surface area contributed by atoms with Crippen LogP contribution < -0.4 is 19.4 Å². The molecule has 28 heavy (non-hydrogen) atoms. The Labute approximate surface area is 166 Å². The molecule has 146 valence electrons. The standard InChI is InChI=1S/C22H26N4O2/c1-23-11-16-26(22(23)17-27)20-5-3-18(4-6-20)24-12-14-25(15-13-24)19-7-9-21(28-2)10-8-19/h3-11,16-17,22H,12-15H2,1-2H3. The Morgan fingerprint density at radius 3 is 1.82 bits per heavy atom. The molecule has 0 radical (unpaired) electrons. The van der Waals surface area contributed by atoms with Crippen LogP contribution in [0, 0.1) is 0 Å². The molecule has 0 amide bonds. The summed E-state index contributed by atoms with van der Waals surface area (Å²) < 4.78 is 5.24. The molecule has 4 rings (SSSR count). The molecule has 1 atom stereocenters. The highest BCUT2D eigenvalue weighted by atomic mass is 16.5. The molecule has 2 aliphatic rings. The first-order chi connectivity index (χ1) is 13.7. The van der Waals surface area contributed by atoms with Gasteiger partial charge in [-0.1, -0.05) is 0 Å². The van der Waals surface area contributed by atoms with Crippen molar-refractivity contribution in [3.05, 3.63) is 60.9 Å². The van der Waals surface area contributed by atoms with Gasteiger partial charge in [0, 0.05) is 62.7 Å². The van der Waals surface area contributed by atoms with E-state index in [1.165, 1.54) is 11.4 Å². The number of benzene rings is 2. The quantitative estimate of drug-likeness (QED) is 0.745. The minimum atomic E-state index is -0.265. The first-order valence-corrected chi connectivity index (χ1v) is 9.57. The van der Waals surface area contributed by atoms with Crippen LogP contribution in [0.2, 0.25) is 0 Å². The minimum Gasteiger partial charge on any atom is -0.497 e. The molecule has 0 bridgehead atoms. The fourth-order valence-corrected chi connectivity index (χ4v) is 3.80. The van der Waals surface area contributed by atoms with Crippen LogP contribution in [-0.4, -0.2) is 57.7 Å². The summed E-state index contributed by atoms with van der Waals surface area (Å²) in [4.78, 5) is 20.1. The molecule has 1 unspecified atom stereocenters. The van der Waals surface area contributed by atoms with Crippen LogP contribution in [0.1, 0.15) is 0 Å². The number of hydrogen-bond donors (Lipinski definition) is 0. The molecule has 2 aromatic carbocycles. The van der Waals surface area contributed by atoms with Crippen molar-refractivity contribution in [1.29, 1.82) is 0 Å². The molecule has 2 heterocycles.